The predicted molar refractivity (Wildman–Crippen MR) is 85.0 cm³/mol. The number of carbonyl (C=O) groups excluding carboxylic acids is 1. The summed E-state index contributed by atoms with van der Waals surface area (Å²) in [6, 6.07) is 1.64. The number of hydrogen-bond acceptors (Lipinski definition) is 4. The average Bonchev–Trinajstić information content (AvgIpc) is 2.38. The van der Waals surface area contributed by atoms with Crippen LogP contribution in [0.3, 0.4) is 0 Å². The molecule has 0 saturated heterocycles. The molecule has 0 aliphatic rings. The van der Waals surface area contributed by atoms with Crippen molar-refractivity contribution < 1.29 is 4.79 Å². The van der Waals surface area contributed by atoms with Crippen molar-refractivity contribution in [3.63, 3.8) is 0 Å². The summed E-state index contributed by atoms with van der Waals surface area (Å²) >= 11 is 12.2. The first-order chi connectivity index (χ1) is 9.40. The Balaban J connectivity index is 3.10. The van der Waals surface area contributed by atoms with E-state index in [9.17, 15) is 4.79 Å². The van der Waals surface area contributed by atoms with Crippen LogP contribution in [-0.2, 0) is 4.79 Å². The Kier molecular flexibility index (Phi) is 6.36. The van der Waals surface area contributed by atoms with Crippen molar-refractivity contribution >= 4 is 40.7 Å². The number of carbonyl (C=O) groups is 1. The molecule has 1 amide bonds. The number of nitrogens with one attached hydrogen (secondary N) is 1. The molecule has 0 saturated carbocycles. The van der Waals surface area contributed by atoms with Gasteiger partial charge in [-0.05, 0) is 12.5 Å². The van der Waals surface area contributed by atoms with Crippen LogP contribution >= 0.6 is 23.2 Å². The van der Waals surface area contributed by atoms with Gasteiger partial charge in [-0.3, -0.25) is 4.79 Å². The van der Waals surface area contributed by atoms with E-state index in [1.807, 2.05) is 11.8 Å². The first-order valence-corrected chi connectivity index (χ1v) is 7.15. The fourth-order valence-corrected chi connectivity index (χ4v) is 2.26. The molecule has 5 nitrogen and oxygen atoms in total. The van der Waals surface area contributed by atoms with Crippen molar-refractivity contribution in [2.75, 3.05) is 44.4 Å². The van der Waals surface area contributed by atoms with Crippen LogP contribution in [0.5, 0.6) is 0 Å². The van der Waals surface area contributed by atoms with E-state index in [2.05, 4.69) is 10.3 Å². The lowest BCUT2D eigenvalue weighted by atomic mass is 10.3. The summed E-state index contributed by atoms with van der Waals surface area (Å²) in [5, 5.41) is 3.81. The third-order valence-corrected chi connectivity index (χ3v) is 3.33. The smallest absolute Gasteiger partial charge is 0.241 e. The molecule has 0 bridgehead atoms. The van der Waals surface area contributed by atoms with Crippen molar-refractivity contribution in [1.82, 2.24) is 9.88 Å². The number of nitrogens with zero attached hydrogens (tertiary/aromatic N) is 3. The quantitative estimate of drug-likeness (QED) is 0.876. The van der Waals surface area contributed by atoms with E-state index in [1.54, 1.807) is 32.1 Å². The summed E-state index contributed by atoms with van der Waals surface area (Å²) in [4.78, 5) is 19.7. The van der Waals surface area contributed by atoms with Crippen LogP contribution in [-0.4, -0.2) is 50.0 Å². The maximum absolute atomic E-state index is 11.9. The maximum Gasteiger partial charge on any atom is 0.241 e. The van der Waals surface area contributed by atoms with Crippen molar-refractivity contribution in [3.05, 3.63) is 16.1 Å². The zero-order chi connectivity index (χ0) is 15.3. The lowest BCUT2D eigenvalue weighted by Gasteiger charge is -2.25. The zero-order valence-electron chi connectivity index (χ0n) is 12.2. The van der Waals surface area contributed by atoms with Crippen molar-refractivity contribution in [2.45, 2.75) is 13.3 Å². The van der Waals surface area contributed by atoms with Gasteiger partial charge in [0.2, 0.25) is 5.91 Å². The van der Waals surface area contributed by atoms with Crippen molar-refractivity contribution in [1.29, 1.82) is 0 Å². The molecule has 112 valence electrons. The minimum atomic E-state index is -0.00252. The summed E-state index contributed by atoms with van der Waals surface area (Å²) in [6.07, 6.45) is 0.885. The van der Waals surface area contributed by atoms with Gasteiger partial charge in [0.1, 0.15) is 11.6 Å². The van der Waals surface area contributed by atoms with Gasteiger partial charge in [-0.2, -0.15) is 0 Å². The minimum absolute atomic E-state index is 0.00252. The lowest BCUT2D eigenvalue weighted by Crippen LogP contribution is -2.37. The Morgan fingerprint density at radius 1 is 1.35 bits per heavy atom. The van der Waals surface area contributed by atoms with Crippen LogP contribution in [0.4, 0.5) is 11.6 Å². The normalized spacial score (nSPS) is 10.3. The molecule has 1 rings (SSSR count). The van der Waals surface area contributed by atoms with E-state index in [4.69, 9.17) is 23.2 Å². The average molecular weight is 319 g/mol. The van der Waals surface area contributed by atoms with Crippen LogP contribution in [0.2, 0.25) is 10.0 Å². The Hall–Kier alpha value is -1.20. The molecule has 7 heteroatoms. The Morgan fingerprint density at radius 3 is 2.50 bits per heavy atom. The Labute approximate surface area is 129 Å². The summed E-state index contributed by atoms with van der Waals surface area (Å²) in [7, 11) is 5.19. The summed E-state index contributed by atoms with van der Waals surface area (Å²) < 4.78 is 0. The van der Waals surface area contributed by atoms with Gasteiger partial charge in [0.15, 0.2) is 0 Å². The number of anilines is 2. The number of aromatic nitrogens is 1. The number of rotatable bonds is 6. The lowest BCUT2D eigenvalue weighted by molar-refractivity contribution is -0.127. The predicted octanol–water partition coefficient (Wildman–Crippen LogP) is 2.73. The topological polar surface area (TPSA) is 48.5 Å². The van der Waals surface area contributed by atoms with Crippen molar-refractivity contribution in [3.8, 4) is 0 Å². The van der Waals surface area contributed by atoms with E-state index in [1.165, 1.54) is 0 Å². The molecule has 0 radical (unpaired) electrons. The fourth-order valence-electron chi connectivity index (χ4n) is 1.69. The van der Waals surface area contributed by atoms with Gasteiger partial charge in [-0.15, -0.1) is 0 Å². The van der Waals surface area contributed by atoms with Gasteiger partial charge in [-0.25, -0.2) is 4.98 Å². The molecule has 0 atom stereocenters. The van der Waals surface area contributed by atoms with Gasteiger partial charge < -0.3 is 15.1 Å². The summed E-state index contributed by atoms with van der Waals surface area (Å²) in [5.74, 6) is 1.11. The number of hydrogen-bond donors (Lipinski definition) is 1. The number of pyridine rings is 1. The first kappa shape index (κ1) is 16.9. The standard InChI is InChI=1S/C13H20Cl2N4O/c1-5-6-19(8-11(20)18(3)4)13-10(15)7-9(14)12(16-2)17-13/h7H,5-6,8H2,1-4H3,(H,16,17). The molecule has 0 aliphatic carbocycles. The van der Waals surface area contributed by atoms with Gasteiger partial charge in [0.05, 0.1) is 16.6 Å². The van der Waals surface area contributed by atoms with E-state index in [0.717, 1.165) is 6.42 Å². The maximum atomic E-state index is 11.9. The highest BCUT2D eigenvalue weighted by molar-refractivity contribution is 6.37. The Morgan fingerprint density at radius 2 is 2.00 bits per heavy atom. The molecule has 0 aromatic carbocycles. The van der Waals surface area contributed by atoms with Gasteiger partial charge >= 0.3 is 0 Å². The highest BCUT2D eigenvalue weighted by atomic mass is 35.5. The SMILES string of the molecule is CCCN(CC(=O)N(C)C)c1nc(NC)c(Cl)cc1Cl. The zero-order valence-corrected chi connectivity index (χ0v) is 13.7. The molecule has 1 N–H and O–H groups in total. The molecule has 1 aromatic heterocycles. The van der Waals surface area contributed by atoms with Crippen molar-refractivity contribution in [2.24, 2.45) is 0 Å². The molecule has 20 heavy (non-hydrogen) atoms. The van der Waals surface area contributed by atoms with E-state index in [0.29, 0.717) is 28.2 Å². The molecule has 0 aliphatic heterocycles. The summed E-state index contributed by atoms with van der Waals surface area (Å²) in [6.45, 7) is 2.96. The van der Waals surface area contributed by atoms with Crippen LogP contribution in [0.25, 0.3) is 0 Å². The largest absolute Gasteiger partial charge is 0.372 e. The van der Waals surface area contributed by atoms with Crippen LogP contribution < -0.4 is 10.2 Å². The van der Waals surface area contributed by atoms with Crippen LogP contribution in [0, 0.1) is 0 Å². The van der Waals surface area contributed by atoms with Gasteiger partial charge in [0, 0.05) is 27.7 Å². The number of halogens is 2. The monoisotopic (exact) mass is 318 g/mol. The molecular weight excluding hydrogens is 299 g/mol. The second-order valence-electron chi connectivity index (χ2n) is 4.58. The third-order valence-electron chi connectivity index (χ3n) is 2.77. The van der Waals surface area contributed by atoms with Gasteiger partial charge in [-0.1, -0.05) is 30.1 Å². The molecule has 1 heterocycles. The molecule has 0 unspecified atom stereocenters. The Bertz CT molecular complexity index is 480. The third kappa shape index (κ3) is 4.15. The first-order valence-electron chi connectivity index (χ1n) is 6.39. The van der Waals surface area contributed by atoms with Crippen LogP contribution in [0.15, 0.2) is 6.07 Å². The molecular formula is C13H20Cl2N4O. The highest BCUT2D eigenvalue weighted by Crippen LogP contribution is 2.31. The second kappa shape index (κ2) is 7.55. The molecule has 1 aromatic rings. The summed E-state index contributed by atoms with van der Waals surface area (Å²) in [5.41, 5.74) is 0. The molecule has 0 fully saturated rings. The second-order valence-corrected chi connectivity index (χ2v) is 5.40. The van der Waals surface area contributed by atoms with E-state index >= 15 is 0 Å². The van der Waals surface area contributed by atoms with E-state index in [-0.39, 0.29) is 12.5 Å². The molecule has 0 spiro atoms. The minimum Gasteiger partial charge on any atom is -0.372 e. The highest BCUT2D eigenvalue weighted by Gasteiger charge is 2.18. The fraction of sp³-hybridized carbons (Fsp3) is 0.538. The number of amides is 1. The van der Waals surface area contributed by atoms with Gasteiger partial charge in [0.25, 0.3) is 0 Å². The van der Waals surface area contributed by atoms with E-state index < -0.39 is 0 Å². The number of likely N-dealkylation sites (N-methyl/N-ethyl adjacent to an activating group) is 1. The van der Waals surface area contributed by atoms with Crippen LogP contribution in [0.1, 0.15) is 13.3 Å².